The van der Waals surface area contributed by atoms with Crippen molar-refractivity contribution in [3.8, 4) is 0 Å². The predicted octanol–water partition coefficient (Wildman–Crippen LogP) is 0.438. The molecule has 1 aliphatic carbocycles. The van der Waals surface area contributed by atoms with E-state index < -0.39 is 0 Å². The van der Waals surface area contributed by atoms with Crippen molar-refractivity contribution in [3.05, 3.63) is 29.6 Å². The van der Waals surface area contributed by atoms with Gasteiger partial charge in [-0.3, -0.25) is 14.8 Å². The zero-order valence-corrected chi connectivity index (χ0v) is 11.3. The Labute approximate surface area is 114 Å². The summed E-state index contributed by atoms with van der Waals surface area (Å²) >= 11 is 0. The van der Waals surface area contributed by atoms with Gasteiger partial charge in [-0.15, -0.1) is 0 Å². The summed E-state index contributed by atoms with van der Waals surface area (Å²) in [6.45, 7) is 5.99. The van der Waals surface area contributed by atoms with Crippen molar-refractivity contribution < 1.29 is 0 Å². The van der Waals surface area contributed by atoms with Gasteiger partial charge in [-0.25, -0.2) is 0 Å². The average molecular weight is 258 g/mol. The lowest BCUT2D eigenvalue weighted by molar-refractivity contribution is -0.00140. The zero-order valence-electron chi connectivity index (χ0n) is 11.3. The Morgan fingerprint density at radius 2 is 2.11 bits per heavy atom. The van der Waals surface area contributed by atoms with E-state index in [9.17, 15) is 0 Å². The summed E-state index contributed by atoms with van der Waals surface area (Å²) in [5.41, 5.74) is 9.33. The molecule has 5 rings (SSSR count). The van der Waals surface area contributed by atoms with Crippen LogP contribution >= 0.6 is 0 Å². The number of nitrogens with two attached hydrogens (primary N) is 1. The zero-order chi connectivity index (χ0) is 12.8. The van der Waals surface area contributed by atoms with Crippen LogP contribution in [0.3, 0.4) is 0 Å². The van der Waals surface area contributed by atoms with Crippen LogP contribution < -0.4 is 5.73 Å². The van der Waals surface area contributed by atoms with Crippen LogP contribution in [0.15, 0.2) is 18.3 Å². The second-order valence-electron chi connectivity index (χ2n) is 6.17. The number of piperazine rings is 3. The van der Waals surface area contributed by atoms with E-state index in [1.165, 1.54) is 43.9 Å². The summed E-state index contributed by atoms with van der Waals surface area (Å²) in [5.74, 6) is 0.460. The Kier molecular flexibility index (Phi) is 2.83. The Morgan fingerprint density at radius 1 is 1.26 bits per heavy atom. The van der Waals surface area contributed by atoms with Gasteiger partial charge in [-0.2, -0.15) is 0 Å². The first-order valence-corrected chi connectivity index (χ1v) is 7.49. The highest BCUT2D eigenvalue weighted by Gasteiger charge is 2.40. The summed E-state index contributed by atoms with van der Waals surface area (Å²) in [7, 11) is 0. The van der Waals surface area contributed by atoms with Crippen LogP contribution in [-0.4, -0.2) is 59.6 Å². The van der Waals surface area contributed by atoms with Crippen LogP contribution in [0.4, 0.5) is 0 Å². The highest BCUT2D eigenvalue weighted by Crippen LogP contribution is 2.36. The van der Waals surface area contributed by atoms with Crippen molar-refractivity contribution in [1.29, 1.82) is 0 Å². The van der Waals surface area contributed by atoms with E-state index in [1.807, 2.05) is 12.3 Å². The van der Waals surface area contributed by atoms with E-state index in [2.05, 4.69) is 20.9 Å². The first-order chi connectivity index (χ1) is 9.33. The number of hydrogen-bond acceptors (Lipinski definition) is 4. The van der Waals surface area contributed by atoms with E-state index in [-0.39, 0.29) is 6.04 Å². The van der Waals surface area contributed by atoms with Gasteiger partial charge in [0.2, 0.25) is 0 Å². The third-order valence-electron chi connectivity index (χ3n) is 5.23. The van der Waals surface area contributed by atoms with Gasteiger partial charge < -0.3 is 5.73 Å². The van der Waals surface area contributed by atoms with Gasteiger partial charge in [0.1, 0.15) is 0 Å². The first-order valence-electron chi connectivity index (χ1n) is 7.49. The average Bonchev–Trinajstić information content (AvgIpc) is 2.91. The molecule has 19 heavy (non-hydrogen) atoms. The molecule has 4 nitrogen and oxygen atoms in total. The lowest BCUT2D eigenvalue weighted by atomic mass is 9.88. The van der Waals surface area contributed by atoms with E-state index in [4.69, 9.17) is 5.73 Å². The molecule has 0 aromatic carbocycles. The monoisotopic (exact) mass is 258 g/mol. The Bertz CT molecular complexity index is 467. The molecule has 0 saturated carbocycles. The maximum absolute atomic E-state index is 6.65. The van der Waals surface area contributed by atoms with Gasteiger partial charge in [-0.05, 0) is 24.5 Å². The number of nitrogens with zero attached hydrogens (tertiary/aromatic N) is 3. The third-order valence-corrected chi connectivity index (χ3v) is 5.23. The SMILES string of the molecule is NC(C1CCc2cccnc21)C1CN2CCN1CC2. The van der Waals surface area contributed by atoms with Gasteiger partial charge in [0, 0.05) is 62.6 Å². The third kappa shape index (κ3) is 1.90. The molecule has 0 radical (unpaired) electrons. The summed E-state index contributed by atoms with van der Waals surface area (Å²) < 4.78 is 0. The van der Waals surface area contributed by atoms with Gasteiger partial charge in [-0.1, -0.05) is 6.07 Å². The molecular weight excluding hydrogens is 236 g/mol. The minimum atomic E-state index is 0.235. The molecule has 0 amide bonds. The van der Waals surface area contributed by atoms with Crippen molar-refractivity contribution in [2.75, 3.05) is 32.7 Å². The maximum atomic E-state index is 6.65. The lowest BCUT2D eigenvalue weighted by Crippen LogP contribution is -2.66. The fourth-order valence-electron chi connectivity index (χ4n) is 4.11. The second kappa shape index (κ2) is 4.54. The van der Waals surface area contributed by atoms with Gasteiger partial charge >= 0.3 is 0 Å². The minimum Gasteiger partial charge on any atom is -0.326 e. The number of aromatic nitrogens is 1. The first kappa shape index (κ1) is 11.8. The van der Waals surface area contributed by atoms with Crippen LogP contribution in [0.5, 0.6) is 0 Å². The Morgan fingerprint density at radius 3 is 2.84 bits per heavy atom. The molecule has 2 N–H and O–H groups in total. The molecule has 2 bridgehead atoms. The topological polar surface area (TPSA) is 45.4 Å². The number of pyridine rings is 1. The van der Waals surface area contributed by atoms with E-state index >= 15 is 0 Å². The lowest BCUT2D eigenvalue weighted by Gasteiger charge is -2.50. The van der Waals surface area contributed by atoms with Crippen LogP contribution in [0.25, 0.3) is 0 Å². The van der Waals surface area contributed by atoms with Crippen molar-refractivity contribution >= 4 is 0 Å². The molecule has 1 aromatic heterocycles. The summed E-state index contributed by atoms with van der Waals surface area (Å²) in [5, 5.41) is 0. The number of fused-ring (bicyclic) bond motifs is 4. The molecule has 102 valence electrons. The van der Waals surface area contributed by atoms with Crippen molar-refractivity contribution in [3.63, 3.8) is 0 Å². The molecule has 3 unspecified atom stereocenters. The summed E-state index contributed by atoms with van der Waals surface area (Å²) in [6.07, 6.45) is 4.25. The van der Waals surface area contributed by atoms with E-state index in [1.54, 1.807) is 0 Å². The molecule has 3 fully saturated rings. The molecule has 1 aromatic rings. The molecule has 3 atom stereocenters. The quantitative estimate of drug-likeness (QED) is 0.836. The number of aryl methyl sites for hydroxylation is 1. The molecule has 3 saturated heterocycles. The molecule has 3 aliphatic heterocycles. The normalized spacial score (nSPS) is 38.2. The Hall–Kier alpha value is -0.970. The van der Waals surface area contributed by atoms with Crippen LogP contribution in [0, 0.1) is 0 Å². The molecule has 4 heteroatoms. The molecule has 0 spiro atoms. The highest BCUT2D eigenvalue weighted by molar-refractivity contribution is 5.30. The van der Waals surface area contributed by atoms with E-state index in [0.717, 1.165) is 13.0 Å². The minimum absolute atomic E-state index is 0.235. The van der Waals surface area contributed by atoms with Crippen LogP contribution in [-0.2, 0) is 6.42 Å². The maximum Gasteiger partial charge on any atom is 0.0482 e. The van der Waals surface area contributed by atoms with Crippen LogP contribution in [0.1, 0.15) is 23.6 Å². The molecule has 4 aliphatic rings. The fourth-order valence-corrected chi connectivity index (χ4v) is 4.11. The van der Waals surface area contributed by atoms with Gasteiger partial charge in [0.05, 0.1) is 0 Å². The van der Waals surface area contributed by atoms with Crippen molar-refractivity contribution in [2.45, 2.75) is 30.8 Å². The molecule has 4 heterocycles. The van der Waals surface area contributed by atoms with Gasteiger partial charge in [0.25, 0.3) is 0 Å². The largest absolute Gasteiger partial charge is 0.326 e. The fraction of sp³-hybridized carbons (Fsp3) is 0.667. The predicted molar refractivity (Wildman–Crippen MR) is 75.1 cm³/mol. The number of rotatable bonds is 2. The van der Waals surface area contributed by atoms with Crippen molar-refractivity contribution in [2.24, 2.45) is 5.73 Å². The smallest absolute Gasteiger partial charge is 0.0482 e. The van der Waals surface area contributed by atoms with Crippen LogP contribution in [0.2, 0.25) is 0 Å². The summed E-state index contributed by atoms with van der Waals surface area (Å²) in [4.78, 5) is 9.78. The second-order valence-corrected chi connectivity index (χ2v) is 6.17. The van der Waals surface area contributed by atoms with Crippen molar-refractivity contribution in [1.82, 2.24) is 14.8 Å². The highest BCUT2D eigenvalue weighted by atomic mass is 15.3. The van der Waals surface area contributed by atoms with Gasteiger partial charge in [0.15, 0.2) is 0 Å². The standard InChI is InChI=1S/C15H22N4/c16-14(13-10-18-6-8-19(13)9-7-18)12-4-3-11-2-1-5-17-15(11)12/h1-2,5,12-14H,3-4,6-10,16H2. The Balaban J connectivity index is 1.57. The summed E-state index contributed by atoms with van der Waals surface area (Å²) in [6, 6.07) is 5.02. The molecular formula is C15H22N4. The van der Waals surface area contributed by atoms with E-state index in [0.29, 0.717) is 12.0 Å². The number of hydrogen-bond donors (Lipinski definition) is 1.